The van der Waals surface area contributed by atoms with E-state index in [9.17, 15) is 15.4 Å². The highest BCUT2D eigenvalue weighted by atomic mass is 16.6. The maximum Gasteiger partial charge on any atom is 0.273 e. The van der Waals surface area contributed by atoms with Gasteiger partial charge in [-0.25, -0.2) is 4.98 Å². The SMILES string of the molecule is Cc1cc(C)c([N+](=O)[O-])cc1-c1ccc(/C=C(\C#N)c2nc3ccccc3[nH]2)o1. The lowest BCUT2D eigenvalue weighted by Gasteiger charge is -2.05. The van der Waals surface area contributed by atoms with E-state index in [4.69, 9.17) is 4.42 Å². The van der Waals surface area contributed by atoms with Crippen LogP contribution in [0.2, 0.25) is 0 Å². The van der Waals surface area contributed by atoms with Gasteiger partial charge in [-0.3, -0.25) is 10.1 Å². The fourth-order valence-electron chi connectivity index (χ4n) is 3.25. The summed E-state index contributed by atoms with van der Waals surface area (Å²) in [6.45, 7) is 3.58. The molecule has 0 aliphatic carbocycles. The van der Waals surface area contributed by atoms with E-state index in [1.54, 1.807) is 31.2 Å². The Labute approximate surface area is 166 Å². The van der Waals surface area contributed by atoms with Gasteiger partial charge in [-0.2, -0.15) is 5.26 Å². The first-order valence-corrected chi connectivity index (χ1v) is 8.89. The van der Waals surface area contributed by atoms with Crippen LogP contribution in [-0.4, -0.2) is 14.9 Å². The number of fused-ring (bicyclic) bond motifs is 1. The van der Waals surface area contributed by atoms with Crippen molar-refractivity contribution in [3.05, 3.63) is 81.4 Å². The van der Waals surface area contributed by atoms with E-state index in [2.05, 4.69) is 16.0 Å². The second-order valence-electron chi connectivity index (χ2n) is 6.69. The number of rotatable bonds is 4. The largest absolute Gasteiger partial charge is 0.457 e. The smallest absolute Gasteiger partial charge is 0.273 e. The van der Waals surface area contributed by atoms with Gasteiger partial charge in [0.2, 0.25) is 0 Å². The molecule has 0 radical (unpaired) electrons. The molecule has 7 heteroatoms. The van der Waals surface area contributed by atoms with Crippen LogP contribution in [-0.2, 0) is 0 Å². The third-order valence-electron chi connectivity index (χ3n) is 4.68. The highest BCUT2D eigenvalue weighted by Gasteiger charge is 2.17. The minimum absolute atomic E-state index is 0.0408. The number of imidazole rings is 1. The Bertz CT molecular complexity index is 1290. The van der Waals surface area contributed by atoms with Gasteiger partial charge < -0.3 is 9.40 Å². The first kappa shape index (κ1) is 18.2. The molecule has 7 nitrogen and oxygen atoms in total. The van der Waals surface area contributed by atoms with Crippen LogP contribution >= 0.6 is 0 Å². The summed E-state index contributed by atoms with van der Waals surface area (Å²) in [6, 6.07) is 16.4. The Hall–Kier alpha value is -4.18. The number of benzene rings is 2. The molecule has 0 fully saturated rings. The van der Waals surface area contributed by atoms with Crippen molar-refractivity contribution in [1.29, 1.82) is 5.26 Å². The van der Waals surface area contributed by atoms with Crippen molar-refractivity contribution in [1.82, 2.24) is 9.97 Å². The standard InChI is InChI=1S/C22H16N4O3/c1-13-9-14(2)20(26(27)28)11-17(13)21-8-7-16(29-21)10-15(12-23)22-24-18-5-3-4-6-19(18)25-22/h3-11H,1-2H3,(H,24,25)/b15-10+. The molecule has 142 valence electrons. The highest BCUT2D eigenvalue weighted by molar-refractivity contribution is 5.89. The summed E-state index contributed by atoms with van der Waals surface area (Å²) in [6.07, 6.45) is 1.60. The van der Waals surface area contributed by atoms with E-state index in [1.165, 1.54) is 6.07 Å². The molecule has 2 aromatic heterocycles. The first-order chi connectivity index (χ1) is 14.0. The van der Waals surface area contributed by atoms with Gasteiger partial charge in [0, 0.05) is 23.3 Å². The van der Waals surface area contributed by atoms with Crippen molar-refractivity contribution >= 4 is 28.4 Å². The van der Waals surface area contributed by atoms with Crippen LogP contribution in [0.1, 0.15) is 22.7 Å². The number of nitro groups is 1. The molecular formula is C22H16N4O3. The predicted molar refractivity (Wildman–Crippen MR) is 110 cm³/mol. The minimum Gasteiger partial charge on any atom is -0.457 e. The van der Waals surface area contributed by atoms with Crippen molar-refractivity contribution in [3.8, 4) is 17.4 Å². The lowest BCUT2D eigenvalue weighted by molar-refractivity contribution is -0.385. The van der Waals surface area contributed by atoms with E-state index in [0.717, 1.165) is 16.6 Å². The second kappa shape index (κ2) is 7.09. The Morgan fingerprint density at radius 3 is 2.72 bits per heavy atom. The normalized spacial score (nSPS) is 11.6. The van der Waals surface area contributed by atoms with E-state index in [1.807, 2.05) is 31.2 Å². The Morgan fingerprint density at radius 1 is 1.21 bits per heavy atom. The third kappa shape index (κ3) is 3.39. The minimum atomic E-state index is -0.405. The molecule has 1 N–H and O–H groups in total. The Morgan fingerprint density at radius 2 is 2.00 bits per heavy atom. The van der Waals surface area contributed by atoms with Crippen LogP contribution in [0.15, 0.2) is 52.9 Å². The number of hydrogen-bond donors (Lipinski definition) is 1. The number of hydrogen-bond acceptors (Lipinski definition) is 5. The fraction of sp³-hybridized carbons (Fsp3) is 0.0909. The number of H-pyrrole nitrogens is 1. The Kier molecular flexibility index (Phi) is 4.45. The molecule has 0 saturated heterocycles. The molecule has 2 heterocycles. The Balaban J connectivity index is 1.73. The number of aromatic nitrogens is 2. The first-order valence-electron chi connectivity index (χ1n) is 8.89. The van der Waals surface area contributed by atoms with Crippen molar-refractivity contribution < 1.29 is 9.34 Å². The lowest BCUT2D eigenvalue weighted by atomic mass is 10.0. The van der Waals surface area contributed by atoms with Crippen molar-refractivity contribution in [2.24, 2.45) is 0 Å². The number of allylic oxidation sites excluding steroid dienone is 1. The molecule has 0 atom stereocenters. The number of para-hydroxylation sites is 2. The molecule has 0 amide bonds. The van der Waals surface area contributed by atoms with Crippen LogP contribution in [0.5, 0.6) is 0 Å². The summed E-state index contributed by atoms with van der Waals surface area (Å²) in [5.41, 5.74) is 4.09. The number of furan rings is 1. The zero-order chi connectivity index (χ0) is 20.5. The molecule has 0 unspecified atom stereocenters. The van der Waals surface area contributed by atoms with Gasteiger partial charge in [0.15, 0.2) is 0 Å². The zero-order valence-corrected chi connectivity index (χ0v) is 15.8. The summed E-state index contributed by atoms with van der Waals surface area (Å²) in [7, 11) is 0. The van der Waals surface area contributed by atoms with E-state index in [-0.39, 0.29) is 5.69 Å². The number of nitrogens with zero attached hydrogens (tertiary/aromatic N) is 3. The van der Waals surface area contributed by atoms with Crippen LogP contribution < -0.4 is 0 Å². The molecule has 0 spiro atoms. The topological polar surface area (TPSA) is 109 Å². The second-order valence-corrected chi connectivity index (χ2v) is 6.69. The summed E-state index contributed by atoms with van der Waals surface area (Å²) >= 11 is 0. The van der Waals surface area contributed by atoms with Crippen LogP contribution in [0, 0.1) is 35.3 Å². The number of nitriles is 1. The number of nitro benzene ring substituents is 1. The van der Waals surface area contributed by atoms with Gasteiger partial charge in [0.05, 0.1) is 21.5 Å². The van der Waals surface area contributed by atoms with Gasteiger partial charge >= 0.3 is 0 Å². The number of aromatic amines is 1. The fourth-order valence-corrected chi connectivity index (χ4v) is 3.25. The molecule has 4 aromatic rings. The average Bonchev–Trinajstić information content (AvgIpc) is 3.32. The number of aryl methyl sites for hydroxylation is 2. The van der Waals surface area contributed by atoms with Crippen LogP contribution in [0.25, 0.3) is 34.0 Å². The molecule has 0 aliphatic heterocycles. The maximum atomic E-state index is 11.3. The quantitative estimate of drug-likeness (QED) is 0.287. The molecule has 4 rings (SSSR count). The molecular weight excluding hydrogens is 368 g/mol. The molecule has 2 aromatic carbocycles. The van der Waals surface area contributed by atoms with Crippen molar-refractivity contribution in [2.45, 2.75) is 13.8 Å². The van der Waals surface area contributed by atoms with Crippen molar-refractivity contribution in [3.63, 3.8) is 0 Å². The maximum absolute atomic E-state index is 11.3. The molecule has 0 aliphatic rings. The van der Waals surface area contributed by atoms with Gasteiger partial charge in [-0.15, -0.1) is 0 Å². The average molecular weight is 384 g/mol. The van der Waals surface area contributed by atoms with E-state index < -0.39 is 4.92 Å². The van der Waals surface area contributed by atoms with E-state index >= 15 is 0 Å². The summed E-state index contributed by atoms with van der Waals surface area (Å²) in [5, 5.41) is 20.8. The van der Waals surface area contributed by atoms with Gasteiger partial charge in [0.25, 0.3) is 5.69 Å². The molecule has 0 bridgehead atoms. The van der Waals surface area contributed by atoms with E-state index in [0.29, 0.717) is 34.0 Å². The zero-order valence-electron chi connectivity index (χ0n) is 15.8. The monoisotopic (exact) mass is 384 g/mol. The molecule has 0 saturated carbocycles. The predicted octanol–water partition coefficient (Wildman–Crippen LogP) is 5.41. The molecule has 29 heavy (non-hydrogen) atoms. The summed E-state index contributed by atoms with van der Waals surface area (Å²) in [5.74, 6) is 1.41. The summed E-state index contributed by atoms with van der Waals surface area (Å²) in [4.78, 5) is 18.4. The van der Waals surface area contributed by atoms with Crippen molar-refractivity contribution in [2.75, 3.05) is 0 Å². The summed E-state index contributed by atoms with van der Waals surface area (Å²) < 4.78 is 5.86. The van der Waals surface area contributed by atoms with Crippen LogP contribution in [0.4, 0.5) is 5.69 Å². The van der Waals surface area contributed by atoms with Gasteiger partial charge in [-0.1, -0.05) is 12.1 Å². The van der Waals surface area contributed by atoms with Gasteiger partial charge in [-0.05, 0) is 49.7 Å². The third-order valence-corrected chi connectivity index (χ3v) is 4.68. The highest BCUT2D eigenvalue weighted by Crippen LogP contribution is 2.32. The van der Waals surface area contributed by atoms with Crippen LogP contribution in [0.3, 0.4) is 0 Å². The number of nitrogens with one attached hydrogen (secondary N) is 1. The van der Waals surface area contributed by atoms with Gasteiger partial charge in [0.1, 0.15) is 23.4 Å². The lowest BCUT2D eigenvalue weighted by Crippen LogP contribution is -1.94.